The van der Waals surface area contributed by atoms with E-state index in [-0.39, 0.29) is 0 Å². The Bertz CT molecular complexity index is 457. The summed E-state index contributed by atoms with van der Waals surface area (Å²) >= 11 is 1.72. The molecule has 2 heterocycles. The highest BCUT2D eigenvalue weighted by molar-refractivity contribution is 7.16. The largest absolute Gasteiger partial charge is 0.317 e. The number of aromatic nitrogens is 1. The third-order valence-corrected chi connectivity index (χ3v) is 3.97. The number of nitrogens with zero attached hydrogens (tertiary/aromatic N) is 1. The van der Waals surface area contributed by atoms with E-state index in [4.69, 9.17) is 0 Å². The number of fused-ring (bicyclic) bond motifs is 1. The molecule has 0 bridgehead atoms. The fourth-order valence-electron chi connectivity index (χ4n) is 2.28. The molecule has 1 aliphatic heterocycles. The van der Waals surface area contributed by atoms with Crippen LogP contribution >= 0.6 is 11.3 Å². The van der Waals surface area contributed by atoms with E-state index in [1.54, 1.807) is 11.3 Å². The SMILES string of the molecule is c1nc2cc(C3CCNCC3)ccc2s1. The molecule has 78 valence electrons. The molecular formula is C12H14N2S. The minimum Gasteiger partial charge on any atom is -0.317 e. The molecule has 1 fully saturated rings. The number of rotatable bonds is 1. The van der Waals surface area contributed by atoms with E-state index in [0.29, 0.717) is 0 Å². The maximum Gasteiger partial charge on any atom is 0.0814 e. The summed E-state index contributed by atoms with van der Waals surface area (Å²) < 4.78 is 1.30. The Morgan fingerprint density at radius 2 is 2.13 bits per heavy atom. The van der Waals surface area contributed by atoms with E-state index < -0.39 is 0 Å². The number of nitrogens with one attached hydrogen (secondary N) is 1. The van der Waals surface area contributed by atoms with Gasteiger partial charge in [-0.05, 0) is 49.5 Å². The van der Waals surface area contributed by atoms with Crippen LogP contribution in [0, 0.1) is 0 Å². The molecular weight excluding hydrogens is 204 g/mol. The second-order valence-electron chi connectivity index (χ2n) is 4.10. The summed E-state index contributed by atoms with van der Waals surface area (Å²) in [6, 6.07) is 6.75. The van der Waals surface area contributed by atoms with E-state index in [9.17, 15) is 0 Å². The number of hydrogen-bond acceptors (Lipinski definition) is 3. The molecule has 0 atom stereocenters. The Kier molecular flexibility index (Phi) is 2.43. The van der Waals surface area contributed by atoms with E-state index in [1.165, 1.54) is 23.1 Å². The van der Waals surface area contributed by atoms with E-state index in [2.05, 4.69) is 28.5 Å². The Labute approximate surface area is 93.3 Å². The smallest absolute Gasteiger partial charge is 0.0814 e. The molecule has 1 aromatic heterocycles. The van der Waals surface area contributed by atoms with Gasteiger partial charge >= 0.3 is 0 Å². The highest BCUT2D eigenvalue weighted by Gasteiger charge is 2.15. The Morgan fingerprint density at radius 3 is 3.00 bits per heavy atom. The molecule has 2 nitrogen and oxygen atoms in total. The van der Waals surface area contributed by atoms with Crippen molar-refractivity contribution in [1.82, 2.24) is 10.3 Å². The van der Waals surface area contributed by atoms with Gasteiger partial charge in [0.1, 0.15) is 0 Å². The van der Waals surface area contributed by atoms with Crippen LogP contribution < -0.4 is 5.32 Å². The van der Waals surface area contributed by atoms with Crippen molar-refractivity contribution in [3.05, 3.63) is 29.3 Å². The van der Waals surface area contributed by atoms with Gasteiger partial charge in [-0.2, -0.15) is 0 Å². The molecule has 1 N–H and O–H groups in total. The fraction of sp³-hybridized carbons (Fsp3) is 0.417. The van der Waals surface area contributed by atoms with Crippen molar-refractivity contribution in [3.63, 3.8) is 0 Å². The van der Waals surface area contributed by atoms with Crippen molar-refractivity contribution in [2.75, 3.05) is 13.1 Å². The summed E-state index contributed by atoms with van der Waals surface area (Å²) in [5.74, 6) is 0.734. The molecule has 0 saturated carbocycles. The zero-order valence-electron chi connectivity index (χ0n) is 8.57. The summed E-state index contributed by atoms with van der Waals surface area (Å²) in [6.45, 7) is 2.31. The van der Waals surface area contributed by atoms with Crippen LogP contribution in [0.4, 0.5) is 0 Å². The molecule has 1 saturated heterocycles. The van der Waals surface area contributed by atoms with Crippen LogP contribution in [-0.4, -0.2) is 18.1 Å². The van der Waals surface area contributed by atoms with Gasteiger partial charge in [0.15, 0.2) is 0 Å². The first-order chi connectivity index (χ1) is 7.43. The van der Waals surface area contributed by atoms with Crippen LogP contribution in [0.1, 0.15) is 24.3 Å². The molecule has 0 spiro atoms. The van der Waals surface area contributed by atoms with Gasteiger partial charge in [-0.15, -0.1) is 11.3 Å². The summed E-state index contributed by atoms with van der Waals surface area (Å²) in [4.78, 5) is 4.38. The maximum atomic E-state index is 4.38. The second kappa shape index (κ2) is 3.91. The Hall–Kier alpha value is -0.930. The first kappa shape index (κ1) is 9.31. The number of piperidine rings is 1. The number of thiazole rings is 1. The predicted octanol–water partition coefficient (Wildman–Crippen LogP) is 2.76. The normalized spacial score (nSPS) is 18.4. The average molecular weight is 218 g/mol. The number of hydrogen-bond donors (Lipinski definition) is 1. The van der Waals surface area contributed by atoms with Crippen LogP contribution in [0.25, 0.3) is 10.2 Å². The van der Waals surface area contributed by atoms with Crippen LogP contribution in [0.5, 0.6) is 0 Å². The highest BCUT2D eigenvalue weighted by Crippen LogP contribution is 2.28. The van der Waals surface area contributed by atoms with Crippen molar-refractivity contribution in [2.24, 2.45) is 0 Å². The lowest BCUT2D eigenvalue weighted by Crippen LogP contribution is -2.26. The van der Waals surface area contributed by atoms with Gasteiger partial charge in [-0.25, -0.2) is 4.98 Å². The van der Waals surface area contributed by atoms with Crippen molar-refractivity contribution < 1.29 is 0 Å². The molecule has 1 aromatic carbocycles. The van der Waals surface area contributed by atoms with Gasteiger partial charge in [-0.3, -0.25) is 0 Å². The third-order valence-electron chi connectivity index (χ3n) is 3.17. The Morgan fingerprint density at radius 1 is 1.27 bits per heavy atom. The fourth-order valence-corrected chi connectivity index (χ4v) is 2.94. The molecule has 0 aliphatic carbocycles. The quantitative estimate of drug-likeness (QED) is 0.796. The standard InChI is InChI=1S/C12H14N2S/c1-2-12-11(14-8-15-12)7-10(1)9-3-5-13-6-4-9/h1-2,7-9,13H,3-6H2. The van der Waals surface area contributed by atoms with Crippen molar-refractivity contribution in [1.29, 1.82) is 0 Å². The molecule has 1 aliphatic rings. The zero-order chi connectivity index (χ0) is 10.1. The zero-order valence-corrected chi connectivity index (χ0v) is 9.39. The van der Waals surface area contributed by atoms with Crippen molar-refractivity contribution in [2.45, 2.75) is 18.8 Å². The van der Waals surface area contributed by atoms with Crippen molar-refractivity contribution in [3.8, 4) is 0 Å². The van der Waals surface area contributed by atoms with Crippen molar-refractivity contribution >= 4 is 21.6 Å². The minimum absolute atomic E-state index is 0.734. The topological polar surface area (TPSA) is 24.9 Å². The maximum absolute atomic E-state index is 4.38. The van der Waals surface area contributed by atoms with Gasteiger partial charge in [0.2, 0.25) is 0 Å². The monoisotopic (exact) mass is 218 g/mol. The summed E-state index contributed by atoms with van der Waals surface area (Å²) in [5, 5.41) is 3.40. The highest BCUT2D eigenvalue weighted by atomic mass is 32.1. The van der Waals surface area contributed by atoms with Crippen LogP contribution in [0.15, 0.2) is 23.7 Å². The molecule has 0 amide bonds. The lowest BCUT2D eigenvalue weighted by atomic mass is 9.90. The van der Waals surface area contributed by atoms with Gasteiger partial charge in [0.05, 0.1) is 15.7 Å². The van der Waals surface area contributed by atoms with E-state index in [1.807, 2.05) is 5.51 Å². The third kappa shape index (κ3) is 1.77. The summed E-state index contributed by atoms with van der Waals surface area (Å²) in [6.07, 6.45) is 2.52. The molecule has 0 radical (unpaired) electrons. The molecule has 0 unspecified atom stereocenters. The van der Waals surface area contributed by atoms with Gasteiger partial charge in [-0.1, -0.05) is 6.07 Å². The van der Waals surface area contributed by atoms with Gasteiger partial charge in [0.25, 0.3) is 0 Å². The second-order valence-corrected chi connectivity index (χ2v) is 4.99. The van der Waals surface area contributed by atoms with Crippen LogP contribution in [0.3, 0.4) is 0 Å². The molecule has 15 heavy (non-hydrogen) atoms. The first-order valence-electron chi connectivity index (χ1n) is 5.47. The lowest BCUT2D eigenvalue weighted by Gasteiger charge is -2.22. The lowest BCUT2D eigenvalue weighted by molar-refractivity contribution is 0.460. The van der Waals surface area contributed by atoms with Crippen LogP contribution in [0.2, 0.25) is 0 Å². The molecule has 2 aromatic rings. The first-order valence-corrected chi connectivity index (χ1v) is 6.35. The predicted molar refractivity (Wildman–Crippen MR) is 64.5 cm³/mol. The van der Waals surface area contributed by atoms with E-state index in [0.717, 1.165) is 24.5 Å². The van der Waals surface area contributed by atoms with Crippen LogP contribution in [-0.2, 0) is 0 Å². The number of benzene rings is 1. The molecule has 3 rings (SSSR count). The average Bonchev–Trinajstić information content (AvgIpc) is 2.77. The summed E-state index contributed by atoms with van der Waals surface area (Å²) in [7, 11) is 0. The van der Waals surface area contributed by atoms with Gasteiger partial charge < -0.3 is 5.32 Å². The van der Waals surface area contributed by atoms with Gasteiger partial charge in [0, 0.05) is 0 Å². The minimum atomic E-state index is 0.734. The Balaban J connectivity index is 1.95. The summed E-state index contributed by atoms with van der Waals surface area (Å²) in [5.41, 5.74) is 4.56. The molecule has 3 heteroatoms. The van der Waals surface area contributed by atoms with E-state index >= 15 is 0 Å².